The summed E-state index contributed by atoms with van der Waals surface area (Å²) in [6.45, 7) is 1.88. The van der Waals surface area contributed by atoms with Crippen molar-refractivity contribution in [2.24, 2.45) is 0 Å². The van der Waals surface area contributed by atoms with Crippen LogP contribution in [0.3, 0.4) is 0 Å². The Labute approximate surface area is 126 Å². The van der Waals surface area contributed by atoms with Gasteiger partial charge in [-0.2, -0.15) is 0 Å². The zero-order chi connectivity index (χ0) is 14.0. The van der Waals surface area contributed by atoms with Crippen LogP contribution < -0.4 is 5.32 Å². The standard InChI is InChI=1S/C14H10Cl3NO/c1-8-2-3-9(6-12(8)16)14(19)18-10-4-5-11(15)13(17)7-10/h2-7H,1H3,(H,18,19). The predicted molar refractivity (Wildman–Crippen MR) is 80.6 cm³/mol. The maximum absolute atomic E-state index is 12.0. The van der Waals surface area contributed by atoms with E-state index in [-0.39, 0.29) is 5.91 Å². The van der Waals surface area contributed by atoms with Crippen LogP contribution in [0, 0.1) is 6.92 Å². The predicted octanol–water partition coefficient (Wildman–Crippen LogP) is 5.21. The van der Waals surface area contributed by atoms with Gasteiger partial charge in [-0.3, -0.25) is 4.79 Å². The van der Waals surface area contributed by atoms with E-state index >= 15 is 0 Å². The molecule has 1 amide bonds. The molecule has 1 N–H and O–H groups in total. The zero-order valence-corrected chi connectivity index (χ0v) is 12.3. The first-order valence-electron chi connectivity index (χ1n) is 5.50. The number of carbonyl (C=O) groups is 1. The van der Waals surface area contributed by atoms with Gasteiger partial charge < -0.3 is 5.32 Å². The zero-order valence-electron chi connectivity index (χ0n) is 10.0. The van der Waals surface area contributed by atoms with Crippen LogP contribution in [0.15, 0.2) is 36.4 Å². The Morgan fingerprint density at radius 3 is 2.32 bits per heavy atom. The summed E-state index contributed by atoms with van der Waals surface area (Å²) in [5.41, 5.74) is 1.99. The molecule has 0 unspecified atom stereocenters. The van der Waals surface area contributed by atoms with Crippen molar-refractivity contribution in [1.82, 2.24) is 0 Å². The highest BCUT2D eigenvalue weighted by atomic mass is 35.5. The highest BCUT2D eigenvalue weighted by Gasteiger charge is 2.08. The molecule has 0 saturated carbocycles. The molecule has 0 bridgehead atoms. The minimum Gasteiger partial charge on any atom is -0.322 e. The van der Waals surface area contributed by atoms with E-state index in [1.54, 1.807) is 36.4 Å². The average molecular weight is 315 g/mol. The van der Waals surface area contributed by atoms with Crippen LogP contribution in [-0.4, -0.2) is 5.91 Å². The lowest BCUT2D eigenvalue weighted by Crippen LogP contribution is -2.11. The third-order valence-corrected chi connectivity index (χ3v) is 3.76. The molecule has 0 radical (unpaired) electrons. The largest absolute Gasteiger partial charge is 0.322 e. The number of benzene rings is 2. The summed E-state index contributed by atoms with van der Waals surface area (Å²) >= 11 is 17.7. The van der Waals surface area contributed by atoms with E-state index < -0.39 is 0 Å². The average Bonchev–Trinajstić information content (AvgIpc) is 2.37. The second-order valence-electron chi connectivity index (χ2n) is 4.05. The van der Waals surface area contributed by atoms with Crippen LogP contribution in [0.5, 0.6) is 0 Å². The smallest absolute Gasteiger partial charge is 0.255 e. The molecular formula is C14H10Cl3NO. The molecule has 0 aliphatic rings. The molecule has 0 fully saturated rings. The molecule has 98 valence electrons. The fraction of sp³-hybridized carbons (Fsp3) is 0.0714. The third kappa shape index (κ3) is 3.41. The van der Waals surface area contributed by atoms with Gasteiger partial charge in [0.05, 0.1) is 10.0 Å². The SMILES string of the molecule is Cc1ccc(C(=O)Nc2ccc(Cl)c(Cl)c2)cc1Cl. The number of nitrogens with one attached hydrogen (secondary N) is 1. The lowest BCUT2D eigenvalue weighted by molar-refractivity contribution is 0.102. The second kappa shape index (κ2) is 5.83. The van der Waals surface area contributed by atoms with Crippen LogP contribution in [0.25, 0.3) is 0 Å². The van der Waals surface area contributed by atoms with Crippen molar-refractivity contribution in [3.63, 3.8) is 0 Å². The van der Waals surface area contributed by atoms with Crippen molar-refractivity contribution in [3.05, 3.63) is 62.6 Å². The Balaban J connectivity index is 2.20. The molecule has 2 aromatic rings. The summed E-state index contributed by atoms with van der Waals surface area (Å²) in [6, 6.07) is 10.0. The monoisotopic (exact) mass is 313 g/mol. The van der Waals surface area contributed by atoms with Gasteiger partial charge in [0, 0.05) is 16.3 Å². The van der Waals surface area contributed by atoms with E-state index in [2.05, 4.69) is 5.32 Å². The third-order valence-electron chi connectivity index (χ3n) is 2.61. The van der Waals surface area contributed by atoms with Gasteiger partial charge in [-0.15, -0.1) is 0 Å². The van der Waals surface area contributed by atoms with Crippen LogP contribution in [0.4, 0.5) is 5.69 Å². The Kier molecular flexibility index (Phi) is 4.35. The van der Waals surface area contributed by atoms with E-state index in [1.165, 1.54) is 0 Å². The second-order valence-corrected chi connectivity index (χ2v) is 5.27. The van der Waals surface area contributed by atoms with Gasteiger partial charge in [0.1, 0.15) is 0 Å². The highest BCUT2D eigenvalue weighted by molar-refractivity contribution is 6.42. The fourth-order valence-corrected chi connectivity index (χ4v) is 1.99. The van der Waals surface area contributed by atoms with E-state index in [9.17, 15) is 4.79 Å². The van der Waals surface area contributed by atoms with Gasteiger partial charge in [-0.25, -0.2) is 0 Å². The van der Waals surface area contributed by atoms with Gasteiger partial charge in [-0.1, -0.05) is 40.9 Å². The molecule has 0 aliphatic carbocycles. The van der Waals surface area contributed by atoms with Crippen LogP contribution in [0.2, 0.25) is 15.1 Å². The van der Waals surface area contributed by atoms with Gasteiger partial charge in [0.25, 0.3) is 5.91 Å². The van der Waals surface area contributed by atoms with E-state index in [0.717, 1.165) is 5.56 Å². The van der Waals surface area contributed by atoms with Crippen LogP contribution in [0.1, 0.15) is 15.9 Å². The molecule has 0 spiro atoms. The first kappa shape index (κ1) is 14.2. The number of rotatable bonds is 2. The molecule has 0 saturated heterocycles. The molecule has 0 aromatic heterocycles. The van der Waals surface area contributed by atoms with Gasteiger partial charge in [0.2, 0.25) is 0 Å². The first-order valence-corrected chi connectivity index (χ1v) is 6.63. The number of anilines is 1. The summed E-state index contributed by atoms with van der Waals surface area (Å²) < 4.78 is 0. The van der Waals surface area contributed by atoms with Gasteiger partial charge in [0.15, 0.2) is 0 Å². The molecule has 2 aromatic carbocycles. The number of halogens is 3. The summed E-state index contributed by atoms with van der Waals surface area (Å²) in [5, 5.41) is 4.12. The Hall–Kier alpha value is -1.22. The molecule has 0 heterocycles. The van der Waals surface area contributed by atoms with Crippen molar-refractivity contribution in [2.45, 2.75) is 6.92 Å². The summed E-state index contributed by atoms with van der Waals surface area (Å²) in [6.07, 6.45) is 0. The van der Waals surface area contributed by atoms with Gasteiger partial charge in [-0.05, 0) is 42.8 Å². The number of aryl methyl sites for hydroxylation is 1. The highest BCUT2D eigenvalue weighted by Crippen LogP contribution is 2.25. The maximum atomic E-state index is 12.0. The van der Waals surface area contributed by atoms with E-state index in [0.29, 0.717) is 26.3 Å². The minimum absolute atomic E-state index is 0.250. The lowest BCUT2D eigenvalue weighted by Gasteiger charge is -2.07. The minimum atomic E-state index is -0.250. The normalized spacial score (nSPS) is 10.3. The molecule has 0 aliphatic heterocycles. The number of amides is 1. The Bertz CT molecular complexity index is 641. The molecule has 19 heavy (non-hydrogen) atoms. The summed E-state index contributed by atoms with van der Waals surface area (Å²) in [5.74, 6) is -0.250. The Morgan fingerprint density at radius 2 is 1.68 bits per heavy atom. The van der Waals surface area contributed by atoms with Gasteiger partial charge >= 0.3 is 0 Å². The molecule has 2 rings (SSSR count). The summed E-state index contributed by atoms with van der Waals surface area (Å²) in [4.78, 5) is 12.0. The topological polar surface area (TPSA) is 29.1 Å². The van der Waals surface area contributed by atoms with E-state index in [4.69, 9.17) is 34.8 Å². The molecule has 0 atom stereocenters. The number of hydrogen-bond acceptors (Lipinski definition) is 1. The number of carbonyl (C=O) groups excluding carboxylic acids is 1. The van der Waals surface area contributed by atoms with Crippen molar-refractivity contribution in [1.29, 1.82) is 0 Å². The Morgan fingerprint density at radius 1 is 0.947 bits per heavy atom. The first-order chi connectivity index (χ1) is 8.97. The van der Waals surface area contributed by atoms with Crippen LogP contribution >= 0.6 is 34.8 Å². The number of hydrogen-bond donors (Lipinski definition) is 1. The van der Waals surface area contributed by atoms with Crippen molar-refractivity contribution in [2.75, 3.05) is 5.32 Å². The summed E-state index contributed by atoms with van der Waals surface area (Å²) in [7, 11) is 0. The molecule has 5 heteroatoms. The molecular weight excluding hydrogens is 305 g/mol. The lowest BCUT2D eigenvalue weighted by atomic mass is 10.1. The van der Waals surface area contributed by atoms with Crippen molar-refractivity contribution < 1.29 is 4.79 Å². The van der Waals surface area contributed by atoms with Crippen molar-refractivity contribution in [3.8, 4) is 0 Å². The molecule has 2 nitrogen and oxygen atoms in total. The maximum Gasteiger partial charge on any atom is 0.255 e. The fourth-order valence-electron chi connectivity index (χ4n) is 1.51. The van der Waals surface area contributed by atoms with Crippen LogP contribution in [-0.2, 0) is 0 Å². The van der Waals surface area contributed by atoms with E-state index in [1.807, 2.05) is 6.92 Å². The quantitative estimate of drug-likeness (QED) is 0.810. The van der Waals surface area contributed by atoms with Crippen molar-refractivity contribution >= 4 is 46.4 Å².